The van der Waals surface area contributed by atoms with Gasteiger partial charge >= 0.3 is 0 Å². The Kier molecular flexibility index (Phi) is 7.68. The lowest BCUT2D eigenvalue weighted by Gasteiger charge is -2.24. The van der Waals surface area contributed by atoms with E-state index in [1.807, 2.05) is 43.3 Å². The Morgan fingerprint density at radius 2 is 1.71 bits per heavy atom. The number of pyridine rings is 1. The van der Waals surface area contributed by atoms with Crippen LogP contribution in [0.5, 0.6) is 0 Å². The van der Waals surface area contributed by atoms with Crippen molar-refractivity contribution >= 4 is 11.6 Å². The average Bonchev–Trinajstić information content (AvgIpc) is 2.82. The number of benzene rings is 2. The average molecular weight is 462 g/mol. The van der Waals surface area contributed by atoms with Crippen molar-refractivity contribution in [2.75, 3.05) is 6.61 Å². The number of aromatic nitrogens is 1. The van der Waals surface area contributed by atoms with E-state index in [1.165, 1.54) is 10.6 Å². The minimum absolute atomic E-state index is 0.143. The van der Waals surface area contributed by atoms with Gasteiger partial charge in [0.05, 0.1) is 17.9 Å². The van der Waals surface area contributed by atoms with Crippen LogP contribution in [0.4, 0.5) is 0 Å². The molecule has 7 heteroatoms. The summed E-state index contributed by atoms with van der Waals surface area (Å²) in [7, 11) is 1.65. The molecule has 178 valence electrons. The molecule has 0 fully saturated rings. The Balaban J connectivity index is 1.97. The SMILES string of the molecule is Cc1ccccc1C(C/C(=N\O)c1ccc(=O)n(C)c1)c1ccc(C(=O)NC(C)(C)CO)cc1. The molecule has 0 spiro atoms. The number of aliphatic hydroxyl groups is 1. The van der Waals surface area contributed by atoms with Crippen molar-refractivity contribution in [1.82, 2.24) is 9.88 Å². The first kappa shape index (κ1) is 24.9. The molecule has 0 saturated heterocycles. The van der Waals surface area contributed by atoms with Crippen LogP contribution >= 0.6 is 0 Å². The predicted octanol–water partition coefficient (Wildman–Crippen LogP) is 3.59. The first-order chi connectivity index (χ1) is 16.1. The van der Waals surface area contributed by atoms with Crippen LogP contribution in [0, 0.1) is 6.92 Å². The maximum absolute atomic E-state index is 12.6. The molecule has 1 atom stereocenters. The minimum Gasteiger partial charge on any atom is -0.411 e. The molecular weight excluding hydrogens is 430 g/mol. The summed E-state index contributed by atoms with van der Waals surface area (Å²) in [6.07, 6.45) is 2.05. The number of hydrogen-bond donors (Lipinski definition) is 3. The summed E-state index contributed by atoms with van der Waals surface area (Å²) in [4.78, 5) is 24.4. The summed E-state index contributed by atoms with van der Waals surface area (Å²) in [5, 5.41) is 25.6. The summed E-state index contributed by atoms with van der Waals surface area (Å²) in [5.74, 6) is -0.406. The predicted molar refractivity (Wildman–Crippen MR) is 133 cm³/mol. The first-order valence-electron chi connectivity index (χ1n) is 11.1. The number of hydrogen-bond acceptors (Lipinski definition) is 5. The molecule has 0 radical (unpaired) electrons. The number of aryl methyl sites for hydroxylation is 2. The highest BCUT2D eigenvalue weighted by Gasteiger charge is 2.23. The quantitative estimate of drug-likeness (QED) is 0.271. The van der Waals surface area contributed by atoms with Crippen molar-refractivity contribution in [3.8, 4) is 0 Å². The fourth-order valence-corrected chi connectivity index (χ4v) is 3.85. The van der Waals surface area contributed by atoms with E-state index < -0.39 is 5.54 Å². The molecule has 7 nitrogen and oxygen atoms in total. The van der Waals surface area contributed by atoms with Gasteiger partial charge < -0.3 is 20.2 Å². The Hall–Kier alpha value is -3.71. The molecule has 34 heavy (non-hydrogen) atoms. The van der Waals surface area contributed by atoms with E-state index in [0.29, 0.717) is 23.3 Å². The molecule has 2 aromatic carbocycles. The number of carbonyl (C=O) groups is 1. The molecule has 1 aromatic heterocycles. The number of nitrogens with zero attached hydrogens (tertiary/aromatic N) is 2. The highest BCUT2D eigenvalue weighted by molar-refractivity contribution is 6.00. The molecule has 1 unspecified atom stereocenters. The van der Waals surface area contributed by atoms with Gasteiger partial charge in [-0.3, -0.25) is 9.59 Å². The topological polar surface area (TPSA) is 104 Å². The monoisotopic (exact) mass is 461 g/mol. The van der Waals surface area contributed by atoms with Crippen molar-refractivity contribution in [2.45, 2.75) is 38.6 Å². The van der Waals surface area contributed by atoms with Gasteiger partial charge in [0.2, 0.25) is 5.56 Å². The molecule has 3 N–H and O–H groups in total. The van der Waals surface area contributed by atoms with Gasteiger partial charge in [-0.1, -0.05) is 41.6 Å². The lowest BCUT2D eigenvalue weighted by Crippen LogP contribution is -2.46. The van der Waals surface area contributed by atoms with Crippen LogP contribution in [0.1, 0.15) is 58.8 Å². The molecule has 3 aromatic rings. The van der Waals surface area contributed by atoms with Gasteiger partial charge in [0, 0.05) is 42.8 Å². The van der Waals surface area contributed by atoms with Gasteiger partial charge in [0.15, 0.2) is 0 Å². The lowest BCUT2D eigenvalue weighted by atomic mass is 9.83. The van der Waals surface area contributed by atoms with Gasteiger partial charge in [0.25, 0.3) is 5.91 Å². The Morgan fingerprint density at radius 1 is 1.06 bits per heavy atom. The van der Waals surface area contributed by atoms with Crippen LogP contribution < -0.4 is 10.9 Å². The first-order valence-corrected chi connectivity index (χ1v) is 11.1. The van der Waals surface area contributed by atoms with Crippen LogP contribution in [0.25, 0.3) is 0 Å². The van der Waals surface area contributed by atoms with Crippen LogP contribution in [-0.4, -0.2) is 38.6 Å². The molecule has 0 aliphatic heterocycles. The minimum atomic E-state index is -0.721. The molecule has 3 rings (SSSR count). The van der Waals surface area contributed by atoms with E-state index in [0.717, 1.165) is 16.7 Å². The Morgan fingerprint density at radius 3 is 2.29 bits per heavy atom. The van der Waals surface area contributed by atoms with Crippen molar-refractivity contribution in [3.63, 3.8) is 0 Å². The van der Waals surface area contributed by atoms with E-state index >= 15 is 0 Å². The molecule has 1 heterocycles. The summed E-state index contributed by atoms with van der Waals surface area (Å²) in [5.41, 5.74) is 3.86. The Bertz CT molecular complexity index is 1240. The summed E-state index contributed by atoms with van der Waals surface area (Å²) in [6.45, 7) is 5.37. The number of rotatable bonds is 8. The number of aliphatic hydroxyl groups excluding tert-OH is 1. The highest BCUT2D eigenvalue weighted by atomic mass is 16.4. The van der Waals surface area contributed by atoms with Crippen molar-refractivity contribution in [1.29, 1.82) is 0 Å². The molecular formula is C27H31N3O4. The van der Waals surface area contributed by atoms with Crippen LogP contribution in [-0.2, 0) is 7.05 Å². The van der Waals surface area contributed by atoms with E-state index in [-0.39, 0.29) is 24.0 Å². The van der Waals surface area contributed by atoms with Gasteiger partial charge in [0.1, 0.15) is 0 Å². The zero-order chi connectivity index (χ0) is 24.9. The largest absolute Gasteiger partial charge is 0.411 e. The third kappa shape index (κ3) is 5.80. The molecule has 1 amide bonds. The third-order valence-corrected chi connectivity index (χ3v) is 5.92. The van der Waals surface area contributed by atoms with Gasteiger partial charge in [-0.05, 0) is 55.7 Å². The van der Waals surface area contributed by atoms with Crippen molar-refractivity contribution in [2.24, 2.45) is 12.2 Å². The van der Waals surface area contributed by atoms with Crippen LogP contribution in [0.3, 0.4) is 0 Å². The third-order valence-electron chi connectivity index (χ3n) is 5.92. The summed E-state index contributed by atoms with van der Waals surface area (Å²) < 4.78 is 1.45. The summed E-state index contributed by atoms with van der Waals surface area (Å²) in [6, 6.07) is 18.4. The van der Waals surface area contributed by atoms with Gasteiger partial charge in [-0.2, -0.15) is 0 Å². The van der Waals surface area contributed by atoms with Crippen LogP contribution in [0.2, 0.25) is 0 Å². The van der Waals surface area contributed by atoms with Gasteiger partial charge in [-0.25, -0.2) is 0 Å². The second-order valence-electron chi connectivity index (χ2n) is 9.15. The zero-order valence-electron chi connectivity index (χ0n) is 19.9. The fraction of sp³-hybridized carbons (Fsp3) is 0.296. The Labute approximate surface area is 199 Å². The normalized spacial score (nSPS) is 12.9. The standard InChI is InChI=1S/C27H31N3O4/c1-18-7-5-6-8-22(18)23(15-24(29-34)21-13-14-25(32)30(4)16-21)19-9-11-20(12-10-19)26(33)28-27(2,3)17-31/h5-14,16,23,31,34H,15,17H2,1-4H3,(H,28,33)/b29-24+. The lowest BCUT2D eigenvalue weighted by molar-refractivity contribution is 0.0869. The van der Waals surface area contributed by atoms with E-state index in [4.69, 9.17) is 0 Å². The van der Waals surface area contributed by atoms with Crippen LogP contribution in [0.15, 0.2) is 76.8 Å². The number of nitrogens with one attached hydrogen (secondary N) is 1. The second-order valence-corrected chi connectivity index (χ2v) is 9.15. The molecule has 0 aliphatic rings. The second kappa shape index (κ2) is 10.5. The highest BCUT2D eigenvalue weighted by Crippen LogP contribution is 2.32. The maximum Gasteiger partial charge on any atom is 0.251 e. The fourth-order valence-electron chi connectivity index (χ4n) is 3.85. The van der Waals surface area contributed by atoms with Crippen molar-refractivity contribution < 1.29 is 15.1 Å². The smallest absolute Gasteiger partial charge is 0.251 e. The van der Waals surface area contributed by atoms with E-state index in [1.54, 1.807) is 45.3 Å². The molecule has 0 aliphatic carbocycles. The summed E-state index contributed by atoms with van der Waals surface area (Å²) >= 11 is 0. The maximum atomic E-state index is 12.6. The van der Waals surface area contributed by atoms with Crippen molar-refractivity contribution in [3.05, 3.63) is 105 Å². The van der Waals surface area contributed by atoms with Gasteiger partial charge in [-0.15, -0.1) is 0 Å². The van der Waals surface area contributed by atoms with E-state index in [2.05, 4.69) is 10.5 Å². The molecule has 0 bridgehead atoms. The number of oxime groups is 1. The zero-order valence-corrected chi connectivity index (χ0v) is 19.9. The number of amides is 1. The number of carbonyl (C=O) groups excluding carboxylic acids is 1. The molecule has 0 saturated carbocycles. The van der Waals surface area contributed by atoms with E-state index in [9.17, 15) is 19.9 Å².